The zero-order chi connectivity index (χ0) is 15.1. The van der Waals surface area contributed by atoms with Gasteiger partial charge in [0.25, 0.3) is 0 Å². The van der Waals surface area contributed by atoms with E-state index in [1.165, 1.54) is 0 Å². The van der Waals surface area contributed by atoms with Crippen molar-refractivity contribution in [3.63, 3.8) is 0 Å². The molecule has 0 saturated heterocycles. The Morgan fingerprint density at radius 3 is 2.52 bits per heavy atom. The summed E-state index contributed by atoms with van der Waals surface area (Å²) in [5.74, 6) is 1.73. The minimum Gasteiger partial charge on any atom is -0.497 e. The van der Waals surface area contributed by atoms with Crippen LogP contribution in [0.4, 0.5) is 11.4 Å². The highest BCUT2D eigenvalue weighted by molar-refractivity contribution is 5.50. The van der Waals surface area contributed by atoms with E-state index in [9.17, 15) is 0 Å². The van der Waals surface area contributed by atoms with E-state index in [2.05, 4.69) is 18.0 Å². The second kappa shape index (κ2) is 7.43. The summed E-state index contributed by atoms with van der Waals surface area (Å²) in [6.45, 7) is 1.60. The number of rotatable bonds is 7. The van der Waals surface area contributed by atoms with Gasteiger partial charge in [-0.05, 0) is 42.8 Å². The Morgan fingerprint density at radius 1 is 1.05 bits per heavy atom. The first-order valence-electron chi connectivity index (χ1n) is 7.02. The molecule has 0 bridgehead atoms. The van der Waals surface area contributed by atoms with E-state index in [1.807, 2.05) is 42.5 Å². The highest BCUT2D eigenvalue weighted by Gasteiger charge is 2.02. The quantitative estimate of drug-likeness (QED) is 0.627. The summed E-state index contributed by atoms with van der Waals surface area (Å²) in [6, 6.07) is 15.5. The summed E-state index contributed by atoms with van der Waals surface area (Å²) >= 11 is 0. The molecule has 4 heteroatoms. The fourth-order valence-corrected chi connectivity index (χ4v) is 2.03. The van der Waals surface area contributed by atoms with E-state index in [0.717, 1.165) is 35.8 Å². The first-order valence-corrected chi connectivity index (χ1v) is 7.02. The molecule has 0 heterocycles. The van der Waals surface area contributed by atoms with Crippen molar-refractivity contribution in [1.82, 2.24) is 0 Å². The number of nitrogens with zero attached hydrogens (tertiary/aromatic N) is 1. The number of hydrogen-bond acceptors (Lipinski definition) is 4. The van der Waals surface area contributed by atoms with E-state index in [-0.39, 0.29) is 0 Å². The largest absolute Gasteiger partial charge is 0.497 e. The van der Waals surface area contributed by atoms with Crippen LogP contribution in [0.1, 0.15) is 6.42 Å². The van der Waals surface area contributed by atoms with Gasteiger partial charge in [-0.1, -0.05) is 6.07 Å². The number of benzene rings is 2. The molecule has 2 rings (SSSR count). The molecule has 0 spiro atoms. The SMILES string of the molecule is COc1cccc(N(C)CCCOc2ccc(N)cc2)c1. The maximum Gasteiger partial charge on any atom is 0.120 e. The van der Waals surface area contributed by atoms with E-state index in [1.54, 1.807) is 7.11 Å². The van der Waals surface area contributed by atoms with E-state index >= 15 is 0 Å². The monoisotopic (exact) mass is 286 g/mol. The fourth-order valence-electron chi connectivity index (χ4n) is 2.03. The van der Waals surface area contributed by atoms with Gasteiger partial charge in [0, 0.05) is 31.0 Å². The predicted octanol–water partition coefficient (Wildman–Crippen LogP) is 3.18. The van der Waals surface area contributed by atoms with Crippen molar-refractivity contribution in [2.24, 2.45) is 0 Å². The molecular formula is C17H22N2O2. The highest BCUT2D eigenvalue weighted by Crippen LogP contribution is 2.20. The Labute approximate surface area is 126 Å². The van der Waals surface area contributed by atoms with Crippen LogP contribution in [0.3, 0.4) is 0 Å². The molecule has 2 N–H and O–H groups in total. The molecule has 2 aromatic carbocycles. The van der Waals surface area contributed by atoms with Crippen LogP contribution in [0.15, 0.2) is 48.5 Å². The molecule has 0 saturated carbocycles. The molecule has 0 aromatic heterocycles. The van der Waals surface area contributed by atoms with Gasteiger partial charge < -0.3 is 20.1 Å². The van der Waals surface area contributed by atoms with Gasteiger partial charge in [-0.3, -0.25) is 0 Å². The van der Waals surface area contributed by atoms with Gasteiger partial charge in [0.2, 0.25) is 0 Å². The van der Waals surface area contributed by atoms with Crippen LogP contribution in [0.25, 0.3) is 0 Å². The average Bonchev–Trinajstić information content (AvgIpc) is 2.53. The topological polar surface area (TPSA) is 47.7 Å². The molecule has 0 amide bonds. The number of nitrogen functional groups attached to an aromatic ring is 1. The number of nitrogens with two attached hydrogens (primary N) is 1. The van der Waals surface area contributed by atoms with Gasteiger partial charge >= 0.3 is 0 Å². The van der Waals surface area contributed by atoms with Crippen molar-refractivity contribution >= 4 is 11.4 Å². The lowest BCUT2D eigenvalue weighted by Crippen LogP contribution is -2.20. The first-order chi connectivity index (χ1) is 10.2. The van der Waals surface area contributed by atoms with Crippen molar-refractivity contribution in [2.45, 2.75) is 6.42 Å². The normalized spacial score (nSPS) is 10.2. The summed E-state index contributed by atoms with van der Waals surface area (Å²) in [4.78, 5) is 2.19. The Hall–Kier alpha value is -2.36. The lowest BCUT2D eigenvalue weighted by molar-refractivity contribution is 0.312. The Balaban J connectivity index is 1.76. The maximum absolute atomic E-state index is 5.69. The minimum absolute atomic E-state index is 0.679. The van der Waals surface area contributed by atoms with Gasteiger partial charge in [-0.25, -0.2) is 0 Å². The average molecular weight is 286 g/mol. The summed E-state index contributed by atoms with van der Waals surface area (Å²) in [6.07, 6.45) is 0.943. The van der Waals surface area contributed by atoms with Gasteiger partial charge in [-0.2, -0.15) is 0 Å². The molecular weight excluding hydrogens is 264 g/mol. The number of hydrogen-bond donors (Lipinski definition) is 1. The van der Waals surface area contributed by atoms with Gasteiger partial charge in [0.05, 0.1) is 13.7 Å². The van der Waals surface area contributed by atoms with Crippen LogP contribution < -0.4 is 20.1 Å². The predicted molar refractivity (Wildman–Crippen MR) is 87.2 cm³/mol. The Morgan fingerprint density at radius 2 is 1.81 bits per heavy atom. The van der Waals surface area contributed by atoms with Crippen molar-refractivity contribution in [1.29, 1.82) is 0 Å². The highest BCUT2D eigenvalue weighted by atomic mass is 16.5. The van der Waals surface area contributed by atoms with Crippen LogP contribution in [-0.2, 0) is 0 Å². The van der Waals surface area contributed by atoms with E-state index in [0.29, 0.717) is 6.61 Å². The summed E-state index contributed by atoms with van der Waals surface area (Å²) in [7, 11) is 3.75. The van der Waals surface area contributed by atoms with Crippen LogP contribution >= 0.6 is 0 Å². The molecule has 0 aliphatic carbocycles. The van der Waals surface area contributed by atoms with E-state index in [4.69, 9.17) is 15.2 Å². The van der Waals surface area contributed by atoms with Gasteiger partial charge in [0.1, 0.15) is 11.5 Å². The molecule has 0 atom stereocenters. The molecule has 0 aliphatic rings. The molecule has 0 unspecified atom stereocenters. The summed E-state index contributed by atoms with van der Waals surface area (Å²) in [5.41, 5.74) is 7.53. The second-order valence-corrected chi connectivity index (χ2v) is 4.89. The molecule has 21 heavy (non-hydrogen) atoms. The summed E-state index contributed by atoms with van der Waals surface area (Å²) in [5, 5.41) is 0. The zero-order valence-electron chi connectivity index (χ0n) is 12.6. The van der Waals surface area contributed by atoms with Crippen molar-refractivity contribution in [2.75, 3.05) is 37.9 Å². The molecule has 0 aliphatic heterocycles. The van der Waals surface area contributed by atoms with Crippen molar-refractivity contribution < 1.29 is 9.47 Å². The number of anilines is 2. The molecule has 0 fully saturated rings. The van der Waals surface area contributed by atoms with Crippen LogP contribution in [0, 0.1) is 0 Å². The molecule has 112 valence electrons. The summed E-state index contributed by atoms with van der Waals surface area (Å²) < 4.78 is 10.9. The van der Waals surface area contributed by atoms with E-state index < -0.39 is 0 Å². The molecule has 2 aromatic rings. The maximum atomic E-state index is 5.69. The lowest BCUT2D eigenvalue weighted by Gasteiger charge is -2.20. The molecule has 0 radical (unpaired) electrons. The standard InChI is InChI=1S/C17H22N2O2/c1-19(15-5-3-6-17(13-15)20-2)11-4-12-21-16-9-7-14(18)8-10-16/h3,5-10,13H,4,11-12,18H2,1-2H3. The smallest absolute Gasteiger partial charge is 0.120 e. The Kier molecular flexibility index (Phi) is 5.32. The van der Waals surface area contributed by atoms with Crippen molar-refractivity contribution in [3.05, 3.63) is 48.5 Å². The van der Waals surface area contributed by atoms with Gasteiger partial charge in [0.15, 0.2) is 0 Å². The minimum atomic E-state index is 0.679. The second-order valence-electron chi connectivity index (χ2n) is 4.89. The third-order valence-electron chi connectivity index (χ3n) is 3.28. The van der Waals surface area contributed by atoms with Gasteiger partial charge in [-0.15, -0.1) is 0 Å². The zero-order valence-corrected chi connectivity index (χ0v) is 12.6. The van der Waals surface area contributed by atoms with Crippen LogP contribution in [0.2, 0.25) is 0 Å². The first kappa shape index (κ1) is 15.0. The number of methoxy groups -OCH3 is 1. The van der Waals surface area contributed by atoms with Crippen LogP contribution in [0.5, 0.6) is 11.5 Å². The third kappa shape index (κ3) is 4.60. The lowest BCUT2D eigenvalue weighted by atomic mass is 10.2. The Bertz CT molecular complexity index is 555. The third-order valence-corrected chi connectivity index (χ3v) is 3.28. The van der Waals surface area contributed by atoms with Crippen molar-refractivity contribution in [3.8, 4) is 11.5 Å². The molecule has 4 nitrogen and oxygen atoms in total. The number of ether oxygens (including phenoxy) is 2. The fraction of sp³-hybridized carbons (Fsp3) is 0.294. The van der Waals surface area contributed by atoms with Crippen LogP contribution in [-0.4, -0.2) is 27.3 Å².